The first-order valence-electron chi connectivity index (χ1n) is 9.33. The predicted molar refractivity (Wildman–Crippen MR) is 102 cm³/mol. The van der Waals surface area contributed by atoms with Crippen molar-refractivity contribution >= 4 is 11.6 Å². The molecule has 1 saturated carbocycles. The minimum absolute atomic E-state index is 0.536. The van der Waals surface area contributed by atoms with Crippen LogP contribution in [0.4, 0.5) is 11.6 Å². The molecule has 0 saturated heterocycles. The van der Waals surface area contributed by atoms with Crippen LogP contribution in [0, 0.1) is 0 Å². The van der Waals surface area contributed by atoms with Crippen LogP contribution < -0.4 is 19.7 Å². The average Bonchev–Trinajstić information content (AvgIpc) is 3.51. The first-order chi connectivity index (χ1) is 12.7. The second-order valence-electron chi connectivity index (χ2n) is 6.92. The lowest BCUT2D eigenvalue weighted by molar-refractivity contribution is 0.353. The lowest BCUT2D eigenvalue weighted by Crippen LogP contribution is -2.31. The number of methoxy groups -OCH3 is 2. The lowest BCUT2D eigenvalue weighted by Gasteiger charge is -2.31. The second-order valence-corrected chi connectivity index (χ2v) is 6.92. The van der Waals surface area contributed by atoms with E-state index in [0.717, 1.165) is 55.0 Å². The van der Waals surface area contributed by atoms with Crippen LogP contribution in [-0.2, 0) is 13.0 Å². The normalized spacial score (nSPS) is 16.2. The highest BCUT2D eigenvalue weighted by Gasteiger charge is 2.28. The Labute approximate surface area is 154 Å². The molecule has 2 aliphatic rings. The minimum atomic E-state index is 0.536. The van der Waals surface area contributed by atoms with Gasteiger partial charge in [0.15, 0.2) is 11.5 Å². The van der Waals surface area contributed by atoms with E-state index in [9.17, 15) is 0 Å². The van der Waals surface area contributed by atoms with Gasteiger partial charge in [-0.3, -0.25) is 0 Å². The summed E-state index contributed by atoms with van der Waals surface area (Å²) in [5.74, 6) is 5.04. The van der Waals surface area contributed by atoms with Crippen LogP contribution in [0.25, 0.3) is 0 Å². The highest BCUT2D eigenvalue weighted by Crippen LogP contribution is 2.40. The maximum Gasteiger partial charge on any atom is 0.161 e. The van der Waals surface area contributed by atoms with Crippen molar-refractivity contribution < 1.29 is 9.47 Å². The first-order valence-corrected chi connectivity index (χ1v) is 9.33. The standard InChI is InChI=1S/C20H26N4O2/c1-4-21-18-11-19(23-20(22-18)13-5-6-13)24-8-7-14-9-16(25-2)17(26-3)10-15(14)12-24/h9-11,13H,4-8,12H2,1-3H3,(H,21,22,23). The Morgan fingerprint density at radius 2 is 1.81 bits per heavy atom. The van der Waals surface area contributed by atoms with Crippen LogP contribution in [0.1, 0.15) is 42.6 Å². The van der Waals surface area contributed by atoms with Crippen LogP contribution in [0.3, 0.4) is 0 Å². The quantitative estimate of drug-likeness (QED) is 0.858. The third kappa shape index (κ3) is 3.28. The van der Waals surface area contributed by atoms with Crippen molar-refractivity contribution in [1.29, 1.82) is 0 Å². The summed E-state index contributed by atoms with van der Waals surface area (Å²) in [5, 5.41) is 3.35. The number of benzene rings is 1. The molecular weight excluding hydrogens is 328 g/mol. The van der Waals surface area contributed by atoms with Gasteiger partial charge in [0.05, 0.1) is 14.2 Å². The van der Waals surface area contributed by atoms with Crippen molar-refractivity contribution in [3.63, 3.8) is 0 Å². The first kappa shape index (κ1) is 16.9. The fourth-order valence-electron chi connectivity index (χ4n) is 3.49. The van der Waals surface area contributed by atoms with Crippen LogP contribution >= 0.6 is 0 Å². The van der Waals surface area contributed by atoms with Gasteiger partial charge < -0.3 is 19.7 Å². The van der Waals surface area contributed by atoms with E-state index in [1.807, 2.05) is 0 Å². The molecular formula is C20H26N4O2. The van der Waals surface area contributed by atoms with Crippen LogP contribution in [-0.4, -0.2) is 37.3 Å². The maximum absolute atomic E-state index is 5.47. The van der Waals surface area contributed by atoms with Gasteiger partial charge in [0, 0.05) is 31.6 Å². The molecule has 2 aromatic rings. The molecule has 0 bridgehead atoms. The van der Waals surface area contributed by atoms with Crippen molar-refractivity contribution in [2.75, 3.05) is 37.5 Å². The fourth-order valence-corrected chi connectivity index (χ4v) is 3.49. The zero-order valence-electron chi connectivity index (χ0n) is 15.7. The summed E-state index contributed by atoms with van der Waals surface area (Å²) in [7, 11) is 3.36. The highest BCUT2D eigenvalue weighted by molar-refractivity contribution is 5.54. The molecule has 0 spiro atoms. The number of hydrogen-bond donors (Lipinski definition) is 1. The molecule has 2 heterocycles. The van der Waals surface area contributed by atoms with E-state index in [-0.39, 0.29) is 0 Å². The van der Waals surface area contributed by atoms with Gasteiger partial charge in [-0.15, -0.1) is 0 Å². The molecule has 0 unspecified atom stereocenters. The largest absolute Gasteiger partial charge is 0.493 e. The molecule has 1 aliphatic carbocycles. The average molecular weight is 354 g/mol. The van der Waals surface area contributed by atoms with E-state index in [4.69, 9.17) is 14.5 Å². The molecule has 1 aromatic heterocycles. The van der Waals surface area contributed by atoms with Crippen molar-refractivity contribution in [1.82, 2.24) is 9.97 Å². The Hall–Kier alpha value is -2.50. The number of nitrogens with one attached hydrogen (secondary N) is 1. The summed E-state index contributed by atoms with van der Waals surface area (Å²) in [4.78, 5) is 11.9. The molecule has 4 rings (SSSR count). The molecule has 6 heteroatoms. The number of ether oxygens (including phenoxy) is 2. The zero-order chi connectivity index (χ0) is 18.1. The molecule has 0 atom stereocenters. The van der Waals surface area contributed by atoms with Crippen molar-refractivity contribution in [2.24, 2.45) is 0 Å². The number of nitrogens with zero attached hydrogens (tertiary/aromatic N) is 3. The molecule has 0 radical (unpaired) electrons. The maximum atomic E-state index is 5.47. The monoisotopic (exact) mass is 354 g/mol. The van der Waals surface area contributed by atoms with Crippen molar-refractivity contribution in [3.05, 3.63) is 35.2 Å². The molecule has 1 N–H and O–H groups in total. The third-order valence-corrected chi connectivity index (χ3v) is 5.07. The Morgan fingerprint density at radius 3 is 2.46 bits per heavy atom. The molecule has 26 heavy (non-hydrogen) atoms. The summed E-state index contributed by atoms with van der Waals surface area (Å²) in [6, 6.07) is 6.26. The summed E-state index contributed by atoms with van der Waals surface area (Å²) < 4.78 is 10.9. The number of aromatic nitrogens is 2. The molecule has 1 aliphatic heterocycles. The van der Waals surface area contributed by atoms with Gasteiger partial charge in [-0.2, -0.15) is 0 Å². The van der Waals surface area contributed by atoms with E-state index in [1.165, 1.54) is 24.0 Å². The van der Waals surface area contributed by atoms with E-state index < -0.39 is 0 Å². The van der Waals surface area contributed by atoms with Crippen molar-refractivity contribution in [2.45, 2.75) is 38.6 Å². The van der Waals surface area contributed by atoms with Gasteiger partial charge in [-0.25, -0.2) is 9.97 Å². The third-order valence-electron chi connectivity index (χ3n) is 5.07. The SMILES string of the molecule is CCNc1cc(N2CCc3cc(OC)c(OC)cc3C2)nc(C2CC2)n1. The highest BCUT2D eigenvalue weighted by atomic mass is 16.5. The molecule has 138 valence electrons. The van der Waals surface area contributed by atoms with E-state index in [2.05, 4.69) is 40.3 Å². The molecule has 0 amide bonds. The molecule has 1 aromatic carbocycles. The Bertz CT molecular complexity index is 805. The van der Waals surface area contributed by atoms with Gasteiger partial charge in [0.2, 0.25) is 0 Å². The summed E-state index contributed by atoms with van der Waals surface area (Å²) in [6.07, 6.45) is 3.37. The van der Waals surface area contributed by atoms with E-state index >= 15 is 0 Å². The van der Waals surface area contributed by atoms with Gasteiger partial charge >= 0.3 is 0 Å². The summed E-state index contributed by atoms with van der Waals surface area (Å²) in [6.45, 7) is 4.72. The number of fused-ring (bicyclic) bond motifs is 1. The predicted octanol–water partition coefficient (Wildman–Crippen LogP) is 3.37. The Kier molecular flexibility index (Phi) is 4.57. The topological polar surface area (TPSA) is 59.5 Å². The van der Waals surface area contributed by atoms with E-state index in [1.54, 1.807) is 14.2 Å². The van der Waals surface area contributed by atoms with Gasteiger partial charge in [-0.05, 0) is 49.4 Å². The van der Waals surface area contributed by atoms with Gasteiger partial charge in [0.25, 0.3) is 0 Å². The Morgan fingerprint density at radius 1 is 1.08 bits per heavy atom. The number of hydrogen-bond acceptors (Lipinski definition) is 6. The lowest BCUT2D eigenvalue weighted by atomic mass is 9.99. The fraction of sp³-hybridized carbons (Fsp3) is 0.500. The van der Waals surface area contributed by atoms with Crippen molar-refractivity contribution in [3.8, 4) is 11.5 Å². The van der Waals surface area contributed by atoms with Crippen LogP contribution in [0.2, 0.25) is 0 Å². The minimum Gasteiger partial charge on any atom is -0.493 e. The van der Waals surface area contributed by atoms with Crippen LogP contribution in [0.15, 0.2) is 18.2 Å². The molecule has 6 nitrogen and oxygen atoms in total. The van der Waals surface area contributed by atoms with Crippen LogP contribution in [0.5, 0.6) is 11.5 Å². The number of rotatable bonds is 6. The summed E-state index contributed by atoms with van der Waals surface area (Å²) >= 11 is 0. The van der Waals surface area contributed by atoms with E-state index in [0.29, 0.717) is 5.92 Å². The second kappa shape index (κ2) is 7.02. The van der Waals surface area contributed by atoms with Gasteiger partial charge in [-0.1, -0.05) is 0 Å². The zero-order valence-corrected chi connectivity index (χ0v) is 15.7. The molecule has 1 fully saturated rings. The smallest absolute Gasteiger partial charge is 0.161 e. The summed E-state index contributed by atoms with van der Waals surface area (Å²) in [5.41, 5.74) is 2.59. The number of anilines is 2. The van der Waals surface area contributed by atoms with Gasteiger partial charge in [0.1, 0.15) is 17.5 Å². The Balaban J connectivity index is 1.64.